The molecule has 7 nitrogen and oxygen atoms in total. The predicted octanol–water partition coefficient (Wildman–Crippen LogP) is 2.72. The molecule has 2 aromatic carbocycles. The number of hydrazone groups is 1. The molecule has 0 aliphatic rings. The number of thiocarbonyl (C=S) groups is 1. The van der Waals surface area contributed by atoms with Crippen molar-refractivity contribution in [1.82, 2.24) is 5.43 Å². The van der Waals surface area contributed by atoms with E-state index < -0.39 is 5.97 Å². The molecule has 2 aromatic rings. The summed E-state index contributed by atoms with van der Waals surface area (Å²) in [6, 6.07) is 11.6. The van der Waals surface area contributed by atoms with Gasteiger partial charge in [-0.1, -0.05) is 6.07 Å². The highest BCUT2D eigenvalue weighted by Gasteiger charge is 2.05. The van der Waals surface area contributed by atoms with Crippen LogP contribution in [0.1, 0.15) is 15.9 Å². The summed E-state index contributed by atoms with van der Waals surface area (Å²) in [4.78, 5) is 11.0. The van der Waals surface area contributed by atoms with Crippen LogP contribution in [0.3, 0.4) is 0 Å². The lowest BCUT2D eigenvalue weighted by Crippen LogP contribution is -2.24. The molecule has 0 radical (unpaired) electrons. The third-order valence-electron chi connectivity index (χ3n) is 3.18. The number of carboxylic acids is 1. The van der Waals surface area contributed by atoms with Crippen LogP contribution in [-0.4, -0.2) is 36.6 Å². The van der Waals surface area contributed by atoms with Crippen LogP contribution in [0.4, 0.5) is 5.69 Å². The highest BCUT2D eigenvalue weighted by Crippen LogP contribution is 2.23. The van der Waals surface area contributed by atoms with Gasteiger partial charge in [-0.2, -0.15) is 5.10 Å². The van der Waals surface area contributed by atoms with E-state index in [4.69, 9.17) is 26.8 Å². The fourth-order valence-electron chi connectivity index (χ4n) is 1.97. The van der Waals surface area contributed by atoms with E-state index in [0.29, 0.717) is 17.2 Å². The number of anilines is 1. The Morgan fingerprint density at radius 1 is 1.20 bits per heavy atom. The van der Waals surface area contributed by atoms with E-state index >= 15 is 0 Å². The van der Waals surface area contributed by atoms with Gasteiger partial charge in [-0.3, -0.25) is 5.43 Å². The van der Waals surface area contributed by atoms with Gasteiger partial charge in [-0.05, 0) is 42.5 Å². The fourth-order valence-corrected chi connectivity index (χ4v) is 2.15. The first-order valence-corrected chi connectivity index (χ1v) is 7.59. The first-order chi connectivity index (χ1) is 12.0. The Bertz CT molecular complexity index is 808. The molecule has 130 valence electrons. The second-order valence-corrected chi connectivity index (χ2v) is 5.23. The Morgan fingerprint density at radius 3 is 2.68 bits per heavy atom. The smallest absolute Gasteiger partial charge is 0.335 e. The Morgan fingerprint density at radius 2 is 2.00 bits per heavy atom. The zero-order valence-corrected chi connectivity index (χ0v) is 14.5. The summed E-state index contributed by atoms with van der Waals surface area (Å²) in [5.74, 6) is 0.280. The third-order valence-corrected chi connectivity index (χ3v) is 3.37. The molecule has 0 aliphatic carbocycles. The number of nitrogens with one attached hydrogen (secondary N) is 2. The van der Waals surface area contributed by atoms with Gasteiger partial charge in [-0.15, -0.1) is 0 Å². The van der Waals surface area contributed by atoms with Gasteiger partial charge in [0, 0.05) is 17.3 Å². The average Bonchev–Trinajstić information content (AvgIpc) is 2.62. The maximum Gasteiger partial charge on any atom is 0.335 e. The molecule has 0 atom stereocenters. The molecule has 0 spiro atoms. The van der Waals surface area contributed by atoms with Crippen LogP contribution in [0.2, 0.25) is 0 Å². The number of rotatable bonds is 6. The first-order valence-electron chi connectivity index (χ1n) is 7.19. The summed E-state index contributed by atoms with van der Waals surface area (Å²) in [6.07, 6.45) is 1.56. The molecule has 3 N–H and O–H groups in total. The number of methoxy groups -OCH3 is 2. The number of carbonyl (C=O) groups is 1. The van der Waals surface area contributed by atoms with Gasteiger partial charge < -0.3 is 19.9 Å². The van der Waals surface area contributed by atoms with Crippen LogP contribution in [0.5, 0.6) is 11.5 Å². The van der Waals surface area contributed by atoms with Crippen molar-refractivity contribution in [1.29, 1.82) is 0 Å². The van der Waals surface area contributed by atoms with Crippen molar-refractivity contribution in [3.05, 3.63) is 53.6 Å². The number of hydrogen-bond donors (Lipinski definition) is 3. The zero-order valence-electron chi connectivity index (χ0n) is 13.6. The minimum atomic E-state index is -1.01. The zero-order chi connectivity index (χ0) is 18.2. The standard InChI is InChI=1S/C17H17N3O4S/c1-23-14-7-6-12(15(9-14)24-2)10-18-20-17(25)19-13-5-3-4-11(8-13)16(21)22/h3-10H,1-2H3,(H,21,22)(H2,19,20,25)/b18-10-. The summed E-state index contributed by atoms with van der Waals surface area (Å²) in [7, 11) is 3.13. The summed E-state index contributed by atoms with van der Waals surface area (Å²) in [5.41, 5.74) is 4.12. The van der Waals surface area contributed by atoms with Crippen LogP contribution in [0, 0.1) is 0 Å². The van der Waals surface area contributed by atoms with Crippen molar-refractivity contribution in [3.63, 3.8) is 0 Å². The summed E-state index contributed by atoms with van der Waals surface area (Å²) in [5, 5.41) is 16.1. The molecule has 0 amide bonds. The van der Waals surface area contributed by atoms with E-state index in [0.717, 1.165) is 5.56 Å². The number of carboxylic acid groups (broad SMARTS) is 1. The maximum atomic E-state index is 11.0. The summed E-state index contributed by atoms with van der Waals surface area (Å²) in [6.45, 7) is 0. The minimum Gasteiger partial charge on any atom is -0.497 e. The van der Waals surface area contributed by atoms with Crippen molar-refractivity contribution in [2.75, 3.05) is 19.5 Å². The molecular formula is C17H17N3O4S. The molecule has 0 bridgehead atoms. The largest absolute Gasteiger partial charge is 0.497 e. The number of hydrogen-bond acceptors (Lipinski definition) is 5. The molecular weight excluding hydrogens is 342 g/mol. The average molecular weight is 359 g/mol. The molecule has 2 rings (SSSR count). The molecule has 0 aromatic heterocycles. The van der Waals surface area contributed by atoms with Crippen molar-refractivity contribution in [2.45, 2.75) is 0 Å². The highest BCUT2D eigenvalue weighted by molar-refractivity contribution is 7.80. The lowest BCUT2D eigenvalue weighted by molar-refractivity contribution is 0.0697. The first kappa shape index (κ1) is 18.2. The van der Waals surface area contributed by atoms with Crippen molar-refractivity contribution >= 4 is 35.2 Å². The maximum absolute atomic E-state index is 11.0. The Hall–Kier alpha value is -3.13. The molecule has 0 aliphatic heterocycles. The molecule has 0 saturated heterocycles. The lowest BCUT2D eigenvalue weighted by atomic mass is 10.2. The van der Waals surface area contributed by atoms with Crippen LogP contribution in [0.25, 0.3) is 0 Å². The van der Waals surface area contributed by atoms with E-state index in [1.54, 1.807) is 50.8 Å². The molecule has 8 heteroatoms. The molecule has 0 fully saturated rings. The highest BCUT2D eigenvalue weighted by atomic mass is 32.1. The SMILES string of the molecule is COc1ccc(/C=N\NC(=S)Nc2cccc(C(=O)O)c2)c(OC)c1. The van der Waals surface area contributed by atoms with E-state index in [-0.39, 0.29) is 10.7 Å². The normalized spacial score (nSPS) is 10.3. The number of benzene rings is 2. The number of aromatic carboxylic acids is 1. The Balaban J connectivity index is 1.99. The van der Waals surface area contributed by atoms with Gasteiger partial charge in [0.05, 0.1) is 26.0 Å². The van der Waals surface area contributed by atoms with Crippen LogP contribution >= 0.6 is 12.2 Å². The van der Waals surface area contributed by atoms with Crippen LogP contribution in [0.15, 0.2) is 47.6 Å². The lowest BCUT2D eigenvalue weighted by Gasteiger charge is -2.08. The second kappa shape index (κ2) is 8.65. The molecule has 25 heavy (non-hydrogen) atoms. The topological polar surface area (TPSA) is 92.2 Å². The molecule has 0 unspecified atom stereocenters. The fraction of sp³-hybridized carbons (Fsp3) is 0.118. The van der Waals surface area contributed by atoms with Gasteiger partial charge in [0.15, 0.2) is 5.11 Å². The van der Waals surface area contributed by atoms with Crippen molar-refractivity contribution in [2.24, 2.45) is 5.10 Å². The monoisotopic (exact) mass is 359 g/mol. The van der Waals surface area contributed by atoms with Gasteiger partial charge in [0.25, 0.3) is 0 Å². The van der Waals surface area contributed by atoms with E-state index in [9.17, 15) is 4.79 Å². The summed E-state index contributed by atoms with van der Waals surface area (Å²) < 4.78 is 10.4. The minimum absolute atomic E-state index is 0.166. The number of nitrogens with zero attached hydrogens (tertiary/aromatic N) is 1. The second-order valence-electron chi connectivity index (χ2n) is 4.82. The molecule has 0 heterocycles. The van der Waals surface area contributed by atoms with Crippen molar-refractivity contribution < 1.29 is 19.4 Å². The Kier molecular flexibility index (Phi) is 6.30. The van der Waals surface area contributed by atoms with Gasteiger partial charge in [0.2, 0.25) is 0 Å². The van der Waals surface area contributed by atoms with Gasteiger partial charge in [0.1, 0.15) is 11.5 Å². The molecule has 0 saturated carbocycles. The van der Waals surface area contributed by atoms with E-state index in [1.165, 1.54) is 12.1 Å². The van der Waals surface area contributed by atoms with Gasteiger partial charge >= 0.3 is 5.97 Å². The van der Waals surface area contributed by atoms with Crippen molar-refractivity contribution in [3.8, 4) is 11.5 Å². The number of ether oxygens (including phenoxy) is 2. The quantitative estimate of drug-likeness (QED) is 0.415. The third kappa shape index (κ3) is 5.18. The Labute approximate surface area is 150 Å². The predicted molar refractivity (Wildman–Crippen MR) is 99.9 cm³/mol. The van der Waals surface area contributed by atoms with E-state index in [2.05, 4.69) is 15.8 Å². The van der Waals surface area contributed by atoms with Crippen LogP contribution < -0.4 is 20.2 Å². The van der Waals surface area contributed by atoms with E-state index in [1.807, 2.05) is 0 Å². The summed E-state index contributed by atoms with van der Waals surface area (Å²) >= 11 is 5.13. The van der Waals surface area contributed by atoms with Crippen LogP contribution in [-0.2, 0) is 0 Å². The van der Waals surface area contributed by atoms with Gasteiger partial charge in [-0.25, -0.2) is 4.79 Å².